The summed E-state index contributed by atoms with van der Waals surface area (Å²) < 4.78 is 44.2. The maximum atomic E-state index is 12.9. The van der Waals surface area contributed by atoms with E-state index in [1.165, 1.54) is 16.4 Å². The fraction of sp³-hybridized carbons (Fsp3) is 0.500. The highest BCUT2D eigenvalue weighted by Crippen LogP contribution is 2.28. The van der Waals surface area contributed by atoms with Crippen LogP contribution in [0.15, 0.2) is 28.7 Å². The van der Waals surface area contributed by atoms with Crippen LogP contribution in [0.4, 0.5) is 4.39 Å². The van der Waals surface area contributed by atoms with Gasteiger partial charge < -0.3 is 4.42 Å². The van der Waals surface area contributed by atoms with Crippen molar-refractivity contribution in [3.8, 4) is 0 Å². The lowest BCUT2D eigenvalue weighted by atomic mass is 10.00. The zero-order chi connectivity index (χ0) is 17.2. The Kier molecular flexibility index (Phi) is 4.96. The van der Waals surface area contributed by atoms with Gasteiger partial charge in [0.2, 0.25) is 21.8 Å². The zero-order valence-corrected chi connectivity index (χ0v) is 14.3. The van der Waals surface area contributed by atoms with Crippen LogP contribution < -0.4 is 0 Å². The van der Waals surface area contributed by atoms with Crippen LogP contribution in [0, 0.1) is 5.82 Å². The summed E-state index contributed by atoms with van der Waals surface area (Å²) in [5, 5.41) is 8.12. The van der Waals surface area contributed by atoms with Gasteiger partial charge in [0.15, 0.2) is 0 Å². The molecule has 24 heavy (non-hydrogen) atoms. The van der Waals surface area contributed by atoms with Gasteiger partial charge in [0, 0.05) is 13.1 Å². The molecule has 130 valence electrons. The third kappa shape index (κ3) is 3.81. The van der Waals surface area contributed by atoms with Gasteiger partial charge in [-0.2, -0.15) is 0 Å². The number of hydrogen-bond acceptors (Lipinski definition) is 5. The first kappa shape index (κ1) is 17.0. The summed E-state index contributed by atoms with van der Waals surface area (Å²) in [5.41, 5.74) is 0.880. The van der Waals surface area contributed by atoms with Crippen molar-refractivity contribution in [1.82, 2.24) is 14.5 Å². The van der Waals surface area contributed by atoms with E-state index in [9.17, 15) is 12.8 Å². The van der Waals surface area contributed by atoms with E-state index < -0.39 is 10.0 Å². The quantitative estimate of drug-likeness (QED) is 0.824. The molecule has 8 heteroatoms. The number of aromatic nitrogens is 2. The average Bonchev–Trinajstić information content (AvgIpc) is 3.06. The van der Waals surface area contributed by atoms with E-state index >= 15 is 0 Å². The van der Waals surface area contributed by atoms with E-state index in [0.717, 1.165) is 18.4 Å². The first-order valence-corrected chi connectivity index (χ1v) is 9.63. The minimum Gasteiger partial charge on any atom is -0.425 e. The molecule has 1 saturated heterocycles. The number of nitrogens with zero attached hydrogens (tertiary/aromatic N) is 3. The minimum atomic E-state index is -3.20. The maximum absolute atomic E-state index is 12.9. The Morgan fingerprint density at radius 1 is 1.29 bits per heavy atom. The molecule has 1 aliphatic rings. The molecule has 0 aliphatic carbocycles. The summed E-state index contributed by atoms with van der Waals surface area (Å²) in [6, 6.07) is 6.13. The Labute approximate surface area is 140 Å². The van der Waals surface area contributed by atoms with Crippen LogP contribution in [0.2, 0.25) is 0 Å². The second-order valence-electron chi connectivity index (χ2n) is 5.94. The van der Waals surface area contributed by atoms with Crippen molar-refractivity contribution in [3.05, 3.63) is 47.4 Å². The van der Waals surface area contributed by atoms with Crippen molar-refractivity contribution in [3.63, 3.8) is 0 Å². The number of halogens is 1. The molecule has 1 aliphatic heterocycles. The molecule has 0 radical (unpaired) electrons. The highest BCUT2D eigenvalue weighted by Gasteiger charge is 2.31. The van der Waals surface area contributed by atoms with Crippen molar-refractivity contribution in [2.24, 2.45) is 0 Å². The molecule has 0 saturated carbocycles. The smallest absolute Gasteiger partial charge is 0.220 e. The number of sulfonamides is 1. The largest absolute Gasteiger partial charge is 0.425 e. The standard InChI is InChI=1S/C16H20FN3O3S/c1-2-24(21,22)20-9-3-4-13(11-20)16-19-18-15(23-16)10-12-5-7-14(17)8-6-12/h5-8,13H,2-4,9-11H2,1H3. The van der Waals surface area contributed by atoms with Crippen LogP contribution >= 0.6 is 0 Å². The lowest BCUT2D eigenvalue weighted by Gasteiger charge is -2.29. The fourth-order valence-corrected chi connectivity index (χ4v) is 4.04. The number of hydrogen-bond donors (Lipinski definition) is 0. The molecule has 6 nitrogen and oxygen atoms in total. The maximum Gasteiger partial charge on any atom is 0.220 e. The van der Waals surface area contributed by atoms with Crippen LogP contribution in [0.5, 0.6) is 0 Å². The Morgan fingerprint density at radius 2 is 2.04 bits per heavy atom. The third-order valence-corrected chi connectivity index (χ3v) is 6.09. The number of benzene rings is 1. The lowest BCUT2D eigenvalue weighted by molar-refractivity contribution is 0.282. The van der Waals surface area contributed by atoms with E-state index in [-0.39, 0.29) is 17.5 Å². The van der Waals surface area contributed by atoms with Gasteiger partial charge in [-0.3, -0.25) is 0 Å². The van der Waals surface area contributed by atoms with Gasteiger partial charge in [-0.25, -0.2) is 17.1 Å². The van der Waals surface area contributed by atoms with E-state index in [2.05, 4.69) is 10.2 Å². The van der Waals surface area contributed by atoms with Crippen molar-refractivity contribution >= 4 is 10.0 Å². The van der Waals surface area contributed by atoms with Crippen molar-refractivity contribution < 1.29 is 17.2 Å². The first-order chi connectivity index (χ1) is 11.5. The predicted octanol–water partition coefficient (Wildman–Crippen LogP) is 2.33. The molecular weight excluding hydrogens is 333 g/mol. The zero-order valence-electron chi connectivity index (χ0n) is 13.5. The van der Waals surface area contributed by atoms with E-state index in [0.29, 0.717) is 31.3 Å². The Hall–Kier alpha value is -1.80. The van der Waals surface area contributed by atoms with Crippen molar-refractivity contribution in [2.75, 3.05) is 18.8 Å². The van der Waals surface area contributed by atoms with Gasteiger partial charge in [0.25, 0.3) is 0 Å². The highest BCUT2D eigenvalue weighted by atomic mass is 32.2. The van der Waals surface area contributed by atoms with Gasteiger partial charge in [0.05, 0.1) is 18.1 Å². The minimum absolute atomic E-state index is 0.0745. The van der Waals surface area contributed by atoms with Gasteiger partial charge in [-0.15, -0.1) is 10.2 Å². The molecule has 1 atom stereocenters. The molecule has 2 heterocycles. The molecular formula is C16H20FN3O3S. The number of piperidine rings is 1. The van der Waals surface area contributed by atoms with Gasteiger partial charge >= 0.3 is 0 Å². The summed E-state index contributed by atoms with van der Waals surface area (Å²) in [4.78, 5) is 0. The van der Waals surface area contributed by atoms with Crippen molar-refractivity contribution in [2.45, 2.75) is 32.1 Å². The molecule has 1 aromatic heterocycles. The second-order valence-corrected chi connectivity index (χ2v) is 8.19. The summed E-state index contributed by atoms with van der Waals surface area (Å²) in [6.45, 7) is 2.57. The second kappa shape index (κ2) is 6.98. The first-order valence-electron chi connectivity index (χ1n) is 8.02. The molecule has 0 bridgehead atoms. The Balaban J connectivity index is 1.69. The Bertz CT molecular complexity index is 789. The predicted molar refractivity (Wildman–Crippen MR) is 86.5 cm³/mol. The molecule has 0 N–H and O–H groups in total. The van der Waals surface area contributed by atoms with Gasteiger partial charge in [0.1, 0.15) is 5.82 Å². The summed E-state index contributed by atoms with van der Waals surface area (Å²) in [5.74, 6) is 0.661. The molecule has 1 fully saturated rings. The van der Waals surface area contributed by atoms with Crippen LogP contribution in [0.3, 0.4) is 0 Å². The summed E-state index contributed by atoms with van der Waals surface area (Å²) >= 11 is 0. The van der Waals surface area contributed by atoms with Crippen LogP contribution in [-0.2, 0) is 16.4 Å². The fourth-order valence-electron chi connectivity index (χ4n) is 2.86. The van der Waals surface area contributed by atoms with E-state index in [1.54, 1.807) is 19.1 Å². The monoisotopic (exact) mass is 353 g/mol. The normalized spacial score (nSPS) is 19.5. The third-order valence-electron chi connectivity index (χ3n) is 4.24. The molecule has 1 aromatic carbocycles. The number of rotatable bonds is 5. The van der Waals surface area contributed by atoms with Crippen LogP contribution in [0.25, 0.3) is 0 Å². The average molecular weight is 353 g/mol. The summed E-state index contributed by atoms with van der Waals surface area (Å²) in [7, 11) is -3.20. The Morgan fingerprint density at radius 3 is 2.75 bits per heavy atom. The van der Waals surface area contributed by atoms with Crippen molar-refractivity contribution in [1.29, 1.82) is 0 Å². The van der Waals surface area contributed by atoms with Gasteiger partial charge in [-0.05, 0) is 37.5 Å². The van der Waals surface area contributed by atoms with E-state index in [1.807, 2.05) is 0 Å². The van der Waals surface area contributed by atoms with E-state index in [4.69, 9.17) is 4.42 Å². The highest BCUT2D eigenvalue weighted by molar-refractivity contribution is 7.89. The molecule has 3 rings (SSSR count). The SMILES string of the molecule is CCS(=O)(=O)N1CCCC(c2nnc(Cc3ccc(F)cc3)o2)C1. The van der Waals surface area contributed by atoms with Crippen LogP contribution in [-0.4, -0.2) is 41.8 Å². The molecule has 0 amide bonds. The van der Waals surface area contributed by atoms with Gasteiger partial charge in [-0.1, -0.05) is 12.1 Å². The molecule has 2 aromatic rings. The van der Waals surface area contributed by atoms with Crippen LogP contribution in [0.1, 0.15) is 43.0 Å². The molecule has 0 spiro atoms. The molecule has 1 unspecified atom stereocenters. The topological polar surface area (TPSA) is 76.3 Å². The lowest BCUT2D eigenvalue weighted by Crippen LogP contribution is -2.39. The summed E-state index contributed by atoms with van der Waals surface area (Å²) in [6.07, 6.45) is 2.03.